The number of aryl methyl sites for hydroxylation is 1. The van der Waals surface area contributed by atoms with Crippen LogP contribution in [-0.4, -0.2) is 33.2 Å². The molecule has 0 unspecified atom stereocenters. The number of rotatable bonds is 5. The van der Waals surface area contributed by atoms with Crippen molar-refractivity contribution in [1.29, 1.82) is 0 Å². The highest BCUT2D eigenvalue weighted by atomic mass is 16.5. The van der Waals surface area contributed by atoms with Gasteiger partial charge in [0.25, 0.3) is 11.5 Å². The topological polar surface area (TPSA) is 116 Å². The van der Waals surface area contributed by atoms with Gasteiger partial charge in [-0.1, -0.05) is 5.16 Å². The molecule has 1 amide bonds. The van der Waals surface area contributed by atoms with Gasteiger partial charge >= 0.3 is 5.97 Å². The molecule has 0 bridgehead atoms. The van der Waals surface area contributed by atoms with Crippen LogP contribution in [0.2, 0.25) is 0 Å². The quantitative estimate of drug-likeness (QED) is 0.689. The van der Waals surface area contributed by atoms with E-state index in [0.29, 0.717) is 11.3 Å². The van der Waals surface area contributed by atoms with Crippen molar-refractivity contribution < 1.29 is 18.8 Å². The largest absolute Gasteiger partial charge is 0.465 e. The summed E-state index contributed by atoms with van der Waals surface area (Å²) in [4.78, 5) is 40.6. The Morgan fingerprint density at radius 3 is 2.81 bits per heavy atom. The molecule has 134 valence electrons. The Hall–Kier alpha value is -3.49. The molecule has 3 rings (SSSR count). The number of anilines is 1. The smallest absolute Gasteiger partial charge is 0.326 e. The zero-order valence-electron chi connectivity index (χ0n) is 14.2. The lowest BCUT2D eigenvalue weighted by atomic mass is 10.1. The average Bonchev–Trinajstić information content (AvgIpc) is 3.02. The van der Waals surface area contributed by atoms with E-state index in [0.717, 1.165) is 4.57 Å². The van der Waals surface area contributed by atoms with E-state index < -0.39 is 17.4 Å². The van der Waals surface area contributed by atoms with Crippen LogP contribution in [0.4, 0.5) is 5.82 Å². The lowest BCUT2D eigenvalue weighted by molar-refractivity contribution is -0.143. The number of amides is 1. The van der Waals surface area contributed by atoms with Crippen LogP contribution in [0.5, 0.6) is 0 Å². The molecule has 3 aromatic rings. The summed E-state index contributed by atoms with van der Waals surface area (Å²) < 4.78 is 10.9. The molecule has 0 saturated heterocycles. The van der Waals surface area contributed by atoms with Gasteiger partial charge in [0.2, 0.25) is 0 Å². The van der Waals surface area contributed by atoms with Crippen LogP contribution >= 0.6 is 0 Å². The number of hydrogen-bond acceptors (Lipinski definition) is 7. The van der Waals surface area contributed by atoms with Crippen molar-refractivity contribution in [1.82, 2.24) is 14.7 Å². The van der Waals surface area contributed by atoms with Gasteiger partial charge in [0, 0.05) is 11.6 Å². The molecule has 0 radical (unpaired) electrons. The number of carbonyl (C=O) groups is 2. The first kappa shape index (κ1) is 17.3. The lowest BCUT2D eigenvalue weighted by Gasteiger charge is -2.07. The van der Waals surface area contributed by atoms with Gasteiger partial charge in [-0.3, -0.25) is 19.0 Å². The SMILES string of the molecule is CCOC(=O)Cn1cnc2ccc(C(=O)Nc3cc(C)on3)cc2c1=O. The lowest BCUT2D eigenvalue weighted by Crippen LogP contribution is -2.26. The Kier molecular flexibility index (Phi) is 4.78. The standard InChI is InChI=1S/C17H16N4O5/c1-3-25-15(22)8-21-9-18-13-5-4-11(7-12(13)17(21)24)16(23)19-14-6-10(2)26-20-14/h4-7,9H,3,8H2,1-2H3,(H,19,20,23). The van der Waals surface area contributed by atoms with Gasteiger partial charge in [0.05, 0.1) is 23.8 Å². The number of fused-ring (bicyclic) bond motifs is 1. The van der Waals surface area contributed by atoms with Crippen LogP contribution in [0.25, 0.3) is 10.9 Å². The summed E-state index contributed by atoms with van der Waals surface area (Å²) in [5, 5.41) is 6.49. The Balaban J connectivity index is 1.91. The molecule has 2 aromatic heterocycles. The highest BCUT2D eigenvalue weighted by molar-refractivity contribution is 6.05. The van der Waals surface area contributed by atoms with E-state index in [1.54, 1.807) is 32.0 Å². The summed E-state index contributed by atoms with van der Waals surface area (Å²) in [7, 11) is 0. The summed E-state index contributed by atoms with van der Waals surface area (Å²) in [5.41, 5.74) is 0.241. The fourth-order valence-electron chi connectivity index (χ4n) is 2.37. The number of ether oxygens (including phenoxy) is 1. The number of benzene rings is 1. The normalized spacial score (nSPS) is 10.7. The molecular weight excluding hydrogens is 340 g/mol. The molecule has 0 spiro atoms. The summed E-state index contributed by atoms with van der Waals surface area (Å²) in [6.07, 6.45) is 1.28. The minimum Gasteiger partial charge on any atom is -0.465 e. The molecule has 0 aliphatic carbocycles. The van der Waals surface area contributed by atoms with Crippen LogP contribution in [0.15, 0.2) is 39.9 Å². The maximum atomic E-state index is 12.6. The fraction of sp³-hybridized carbons (Fsp3) is 0.235. The average molecular weight is 356 g/mol. The van der Waals surface area contributed by atoms with Gasteiger partial charge in [-0.15, -0.1) is 0 Å². The van der Waals surface area contributed by atoms with Crippen LogP contribution in [0.1, 0.15) is 23.0 Å². The van der Waals surface area contributed by atoms with E-state index in [4.69, 9.17) is 9.26 Å². The Labute approximate surface area is 147 Å². The molecule has 2 heterocycles. The predicted octanol–water partition coefficient (Wildman–Crippen LogP) is 1.51. The molecule has 0 atom stereocenters. The van der Waals surface area contributed by atoms with Crippen molar-refractivity contribution >= 4 is 28.6 Å². The van der Waals surface area contributed by atoms with Crippen molar-refractivity contribution in [3.63, 3.8) is 0 Å². The minimum atomic E-state index is -0.536. The minimum absolute atomic E-state index is 0.223. The summed E-state index contributed by atoms with van der Waals surface area (Å²) in [6.45, 7) is 3.36. The maximum absolute atomic E-state index is 12.6. The van der Waals surface area contributed by atoms with Gasteiger partial charge in [-0.2, -0.15) is 0 Å². The molecule has 9 heteroatoms. The molecule has 0 aliphatic heterocycles. The summed E-state index contributed by atoms with van der Waals surface area (Å²) in [6, 6.07) is 6.11. The van der Waals surface area contributed by atoms with Gasteiger partial charge in [-0.05, 0) is 32.0 Å². The molecular formula is C17H16N4O5. The number of esters is 1. The number of aromatic nitrogens is 3. The predicted molar refractivity (Wildman–Crippen MR) is 91.8 cm³/mol. The monoisotopic (exact) mass is 356 g/mol. The van der Waals surface area contributed by atoms with Crippen molar-refractivity contribution in [2.45, 2.75) is 20.4 Å². The van der Waals surface area contributed by atoms with Crippen molar-refractivity contribution in [2.75, 3.05) is 11.9 Å². The number of nitrogens with zero attached hydrogens (tertiary/aromatic N) is 3. The van der Waals surface area contributed by atoms with Crippen LogP contribution in [0.3, 0.4) is 0 Å². The molecule has 0 saturated carbocycles. The van der Waals surface area contributed by atoms with E-state index in [2.05, 4.69) is 15.5 Å². The third kappa shape index (κ3) is 3.61. The first-order valence-electron chi connectivity index (χ1n) is 7.87. The second-order valence-electron chi connectivity index (χ2n) is 5.49. The fourth-order valence-corrected chi connectivity index (χ4v) is 2.37. The van der Waals surface area contributed by atoms with Crippen molar-refractivity contribution in [3.8, 4) is 0 Å². The zero-order valence-corrected chi connectivity index (χ0v) is 14.2. The maximum Gasteiger partial charge on any atom is 0.326 e. The van der Waals surface area contributed by atoms with Crippen LogP contribution in [-0.2, 0) is 16.1 Å². The van der Waals surface area contributed by atoms with Crippen molar-refractivity contribution in [3.05, 3.63) is 52.3 Å². The van der Waals surface area contributed by atoms with E-state index in [9.17, 15) is 14.4 Å². The van der Waals surface area contributed by atoms with E-state index in [1.807, 2.05) is 0 Å². The Morgan fingerprint density at radius 2 is 2.12 bits per heavy atom. The third-order valence-corrected chi connectivity index (χ3v) is 3.56. The molecule has 9 nitrogen and oxygen atoms in total. The molecule has 1 N–H and O–H groups in total. The van der Waals surface area contributed by atoms with Crippen LogP contribution < -0.4 is 10.9 Å². The summed E-state index contributed by atoms with van der Waals surface area (Å²) >= 11 is 0. The van der Waals surface area contributed by atoms with Gasteiger partial charge in [-0.25, -0.2) is 4.98 Å². The number of nitrogens with one attached hydrogen (secondary N) is 1. The Bertz CT molecular complexity index is 1040. The molecule has 0 fully saturated rings. The summed E-state index contributed by atoms with van der Waals surface area (Å²) in [5.74, 6) is -0.144. The second kappa shape index (κ2) is 7.18. The van der Waals surface area contributed by atoms with E-state index in [-0.39, 0.29) is 29.9 Å². The van der Waals surface area contributed by atoms with Gasteiger partial charge in [0.1, 0.15) is 12.3 Å². The van der Waals surface area contributed by atoms with Gasteiger partial charge < -0.3 is 14.6 Å². The highest BCUT2D eigenvalue weighted by Crippen LogP contribution is 2.13. The highest BCUT2D eigenvalue weighted by Gasteiger charge is 2.13. The van der Waals surface area contributed by atoms with Crippen molar-refractivity contribution in [2.24, 2.45) is 0 Å². The first-order chi connectivity index (χ1) is 12.5. The van der Waals surface area contributed by atoms with Gasteiger partial charge in [0.15, 0.2) is 5.82 Å². The number of hydrogen-bond donors (Lipinski definition) is 1. The third-order valence-electron chi connectivity index (χ3n) is 3.56. The molecule has 1 aromatic carbocycles. The second-order valence-corrected chi connectivity index (χ2v) is 5.49. The first-order valence-corrected chi connectivity index (χ1v) is 7.87. The van der Waals surface area contributed by atoms with E-state index >= 15 is 0 Å². The zero-order chi connectivity index (χ0) is 18.7. The number of carbonyl (C=O) groups excluding carboxylic acids is 2. The Morgan fingerprint density at radius 1 is 1.31 bits per heavy atom. The van der Waals surface area contributed by atoms with Crippen LogP contribution in [0, 0.1) is 6.92 Å². The van der Waals surface area contributed by atoms with E-state index in [1.165, 1.54) is 12.4 Å². The molecule has 0 aliphatic rings. The molecule has 26 heavy (non-hydrogen) atoms.